The Morgan fingerprint density at radius 3 is 2.31 bits per heavy atom. The van der Waals surface area contributed by atoms with E-state index in [0.29, 0.717) is 30.9 Å². The van der Waals surface area contributed by atoms with E-state index in [1.807, 2.05) is 45.9 Å². The number of ether oxygens (including phenoxy) is 1. The van der Waals surface area contributed by atoms with Crippen LogP contribution in [0, 0.1) is 11.6 Å². The first-order chi connectivity index (χ1) is 17.4. The number of hydrogen-bond donors (Lipinski definition) is 2. The molecular formula is C30H38F2N2O2. The van der Waals surface area contributed by atoms with E-state index in [2.05, 4.69) is 23.8 Å². The Labute approximate surface area is 214 Å². The molecule has 3 rings (SSSR count). The van der Waals surface area contributed by atoms with E-state index in [4.69, 9.17) is 4.74 Å². The van der Waals surface area contributed by atoms with Crippen LogP contribution in [-0.4, -0.2) is 26.1 Å². The predicted octanol–water partition coefficient (Wildman–Crippen LogP) is 7.80. The minimum atomic E-state index is -1.14. The highest BCUT2D eigenvalue weighted by Gasteiger charge is 2.21. The number of amides is 1. The van der Waals surface area contributed by atoms with Crippen LogP contribution in [0.4, 0.5) is 14.5 Å². The fourth-order valence-electron chi connectivity index (χ4n) is 3.62. The fraction of sp³-hybridized carbons (Fsp3) is 0.300. The van der Waals surface area contributed by atoms with Crippen molar-refractivity contribution < 1.29 is 18.3 Å². The number of carbonyl (C=O) groups is 1. The maximum Gasteiger partial charge on any atom is 0.258 e. The van der Waals surface area contributed by atoms with Crippen LogP contribution < -0.4 is 15.4 Å². The zero-order valence-corrected chi connectivity index (χ0v) is 22.0. The average molecular weight is 497 g/mol. The summed E-state index contributed by atoms with van der Waals surface area (Å²) in [5.41, 5.74) is 3.09. The molecule has 0 atom stereocenters. The number of anilines is 1. The van der Waals surface area contributed by atoms with E-state index in [1.165, 1.54) is 12.1 Å². The number of nitrogens with one attached hydrogen (secondary N) is 2. The van der Waals surface area contributed by atoms with Gasteiger partial charge in [-0.2, -0.15) is 0 Å². The second kappa shape index (κ2) is 16.2. The number of allylic oxidation sites excluding steroid dienone is 4. The zero-order chi connectivity index (χ0) is 27.1. The van der Waals surface area contributed by atoms with Crippen molar-refractivity contribution in [2.24, 2.45) is 0 Å². The van der Waals surface area contributed by atoms with Crippen LogP contribution in [0.5, 0.6) is 5.75 Å². The first-order valence-electron chi connectivity index (χ1n) is 12.2. The molecule has 0 saturated heterocycles. The first kappa shape index (κ1) is 30.5. The molecule has 1 heterocycles. The van der Waals surface area contributed by atoms with E-state index in [1.54, 1.807) is 31.4 Å². The summed E-state index contributed by atoms with van der Waals surface area (Å²) in [6, 6.07) is 8.03. The van der Waals surface area contributed by atoms with E-state index >= 15 is 0 Å². The van der Waals surface area contributed by atoms with Crippen LogP contribution in [0.3, 0.4) is 0 Å². The van der Waals surface area contributed by atoms with Crippen LogP contribution in [0.15, 0.2) is 67.8 Å². The van der Waals surface area contributed by atoms with Crippen LogP contribution in [0.1, 0.15) is 62.0 Å². The molecule has 0 bridgehead atoms. The van der Waals surface area contributed by atoms with E-state index in [-0.39, 0.29) is 11.1 Å². The lowest BCUT2D eigenvalue weighted by molar-refractivity contribution is 0.102. The summed E-state index contributed by atoms with van der Waals surface area (Å²) in [6.45, 7) is 16.0. The molecule has 6 heteroatoms. The number of rotatable bonds is 7. The lowest BCUT2D eigenvalue weighted by atomic mass is 9.97. The molecule has 2 N–H and O–H groups in total. The van der Waals surface area contributed by atoms with Crippen molar-refractivity contribution in [3.8, 4) is 5.75 Å². The van der Waals surface area contributed by atoms with Crippen LogP contribution in [0.25, 0.3) is 11.1 Å². The summed E-state index contributed by atoms with van der Waals surface area (Å²) in [4.78, 5) is 12.6. The highest BCUT2D eigenvalue weighted by atomic mass is 19.2. The lowest BCUT2D eigenvalue weighted by Gasteiger charge is -2.16. The highest BCUT2D eigenvalue weighted by molar-refractivity contribution is 6.05. The molecule has 4 nitrogen and oxygen atoms in total. The van der Waals surface area contributed by atoms with Crippen LogP contribution in [0.2, 0.25) is 0 Å². The van der Waals surface area contributed by atoms with Gasteiger partial charge in [-0.1, -0.05) is 64.3 Å². The second-order valence-corrected chi connectivity index (χ2v) is 7.48. The molecular weight excluding hydrogens is 458 g/mol. The smallest absolute Gasteiger partial charge is 0.258 e. The van der Waals surface area contributed by atoms with E-state index < -0.39 is 17.5 Å². The molecule has 0 spiro atoms. The van der Waals surface area contributed by atoms with Crippen molar-refractivity contribution in [2.75, 3.05) is 25.5 Å². The maximum absolute atomic E-state index is 14.7. The molecule has 0 radical (unpaired) electrons. The molecule has 2 aromatic rings. The van der Waals surface area contributed by atoms with Gasteiger partial charge in [0.2, 0.25) is 0 Å². The predicted molar refractivity (Wildman–Crippen MR) is 148 cm³/mol. The Morgan fingerprint density at radius 2 is 1.78 bits per heavy atom. The van der Waals surface area contributed by atoms with Crippen molar-refractivity contribution in [3.05, 3.63) is 96.1 Å². The summed E-state index contributed by atoms with van der Waals surface area (Å²) >= 11 is 0. The third-order valence-corrected chi connectivity index (χ3v) is 5.44. The molecule has 1 aliphatic heterocycles. The minimum Gasteiger partial charge on any atom is -0.496 e. The van der Waals surface area contributed by atoms with Gasteiger partial charge in [-0.25, -0.2) is 8.78 Å². The van der Waals surface area contributed by atoms with Gasteiger partial charge < -0.3 is 15.4 Å². The van der Waals surface area contributed by atoms with Gasteiger partial charge in [0, 0.05) is 29.4 Å². The summed E-state index contributed by atoms with van der Waals surface area (Å²) in [6.07, 6.45) is 8.57. The van der Waals surface area contributed by atoms with Crippen LogP contribution in [-0.2, 0) is 0 Å². The molecule has 1 aliphatic rings. The van der Waals surface area contributed by atoms with E-state index in [9.17, 15) is 13.6 Å². The van der Waals surface area contributed by atoms with Crippen molar-refractivity contribution >= 4 is 22.7 Å². The van der Waals surface area contributed by atoms with Gasteiger partial charge in [0.1, 0.15) is 5.75 Å². The fourth-order valence-corrected chi connectivity index (χ4v) is 3.62. The number of halogens is 2. The van der Waals surface area contributed by atoms with Gasteiger partial charge in [0.25, 0.3) is 5.91 Å². The molecule has 0 fully saturated rings. The van der Waals surface area contributed by atoms with Gasteiger partial charge in [0.05, 0.1) is 12.7 Å². The van der Waals surface area contributed by atoms with Gasteiger partial charge in [-0.05, 0) is 55.7 Å². The quantitative estimate of drug-likeness (QED) is 0.385. The minimum absolute atomic E-state index is 0.204. The highest BCUT2D eigenvalue weighted by Crippen LogP contribution is 2.31. The molecule has 0 saturated carbocycles. The van der Waals surface area contributed by atoms with Gasteiger partial charge >= 0.3 is 0 Å². The third-order valence-electron chi connectivity index (χ3n) is 5.44. The molecule has 36 heavy (non-hydrogen) atoms. The van der Waals surface area contributed by atoms with Gasteiger partial charge in [-0.15, -0.1) is 0 Å². The Bertz CT molecular complexity index is 1100. The van der Waals surface area contributed by atoms with E-state index in [0.717, 1.165) is 23.1 Å². The Balaban J connectivity index is 0.000000982. The summed E-state index contributed by atoms with van der Waals surface area (Å²) in [5.74, 6) is -2.25. The molecule has 0 aliphatic carbocycles. The zero-order valence-electron chi connectivity index (χ0n) is 22.0. The number of hydrogen-bond acceptors (Lipinski definition) is 3. The first-order valence-corrected chi connectivity index (χ1v) is 12.2. The second-order valence-electron chi connectivity index (χ2n) is 7.48. The van der Waals surface area contributed by atoms with Crippen LogP contribution >= 0.6 is 0 Å². The summed E-state index contributed by atoms with van der Waals surface area (Å²) in [7, 11) is 1.55. The molecule has 1 amide bonds. The van der Waals surface area contributed by atoms with Gasteiger partial charge in [-0.3, -0.25) is 4.79 Å². The monoisotopic (exact) mass is 496 g/mol. The summed E-state index contributed by atoms with van der Waals surface area (Å²) < 4.78 is 34.8. The molecule has 2 aromatic carbocycles. The SMILES string of the molecule is C/C=C(\CC)c1ccc(NC(=O)c2ccc(C3=CCNCC3)c(F)c2F)cc1OC.C=CC=C.CC. The van der Waals surface area contributed by atoms with Crippen molar-refractivity contribution in [2.45, 2.75) is 40.5 Å². The van der Waals surface area contributed by atoms with Crippen molar-refractivity contribution in [3.63, 3.8) is 0 Å². The number of methoxy groups -OCH3 is 1. The molecule has 194 valence electrons. The molecule has 0 unspecified atom stereocenters. The Kier molecular flexibility index (Phi) is 13.7. The Morgan fingerprint density at radius 1 is 1.11 bits per heavy atom. The standard InChI is InChI=1S/C24H26F2N2O2.C4H6.C2H6/c1-4-15(5-2)18-7-6-17(14-21(18)30-3)28-24(29)20-9-8-19(22(25)23(20)26)16-10-12-27-13-11-16;1-3-4-2;1-2/h4,6-10,14,27H,5,11-13H2,1-3H3,(H,28,29);3-4H,1-2H2;1-2H3/b15-4+;;. The van der Waals surface area contributed by atoms with Crippen molar-refractivity contribution in [1.29, 1.82) is 0 Å². The third kappa shape index (κ3) is 8.02. The largest absolute Gasteiger partial charge is 0.496 e. The average Bonchev–Trinajstić information content (AvgIpc) is 2.93. The normalized spacial score (nSPS) is 12.6. The van der Waals surface area contributed by atoms with Crippen molar-refractivity contribution in [1.82, 2.24) is 5.32 Å². The van der Waals surface area contributed by atoms with Gasteiger partial charge in [0.15, 0.2) is 11.6 Å². The lowest BCUT2D eigenvalue weighted by Crippen LogP contribution is -2.21. The molecule has 0 aromatic heterocycles. The topological polar surface area (TPSA) is 50.4 Å². The Hall–Kier alpha value is -3.51. The summed E-state index contributed by atoms with van der Waals surface area (Å²) in [5, 5.41) is 5.77. The number of benzene rings is 2. The number of carbonyl (C=O) groups excluding carboxylic acids is 1. The maximum atomic E-state index is 14.7.